The largest absolute Gasteiger partial charge is 0.660 e. The Morgan fingerprint density at radius 3 is 1.33 bits per heavy atom. The van der Waals surface area contributed by atoms with Crippen LogP contribution in [0.5, 0.6) is 0 Å². The van der Waals surface area contributed by atoms with Crippen molar-refractivity contribution in [3.63, 3.8) is 0 Å². The number of rotatable bonds is 3. The van der Waals surface area contributed by atoms with Crippen molar-refractivity contribution < 1.29 is 98.1 Å². The van der Waals surface area contributed by atoms with Crippen molar-refractivity contribution in [2.24, 2.45) is 11.8 Å². The molecule has 6 unspecified atom stereocenters. The summed E-state index contributed by atoms with van der Waals surface area (Å²) in [6.07, 6.45) is 6.94. The summed E-state index contributed by atoms with van der Waals surface area (Å²) in [7, 11) is 0. The van der Waals surface area contributed by atoms with Gasteiger partial charge in [0.1, 0.15) is 0 Å². The standard InChI is InChI=1S/C9H16N.2C8H15N2.3Y/c1-6(2)7-3-8-5-9(4-7)10-8;1-6(2)10-4-7-3-8(5-10)9-7;1-6(2)10-7-3-8(10)5-9-4-7;;;/h6-9H,3-5H2,1-2H3;2*6-8H,3-5H2,1-2H3;;;/q3*-1;;;. The van der Waals surface area contributed by atoms with Gasteiger partial charge in [-0.05, 0) is 71.1 Å². The fourth-order valence-electron chi connectivity index (χ4n) is 6.40. The van der Waals surface area contributed by atoms with Gasteiger partial charge < -0.3 is 20.9 Å². The predicted molar refractivity (Wildman–Crippen MR) is 128 cm³/mol. The first-order valence-corrected chi connectivity index (χ1v) is 12.8. The minimum atomic E-state index is 0. The minimum absolute atomic E-state index is 0. The van der Waals surface area contributed by atoms with Crippen molar-refractivity contribution in [3.8, 4) is 0 Å². The SMILES string of the molecule is CC(C)C1CC2CC(C1)[N-]2.CC(C)N1C2C[N-]CC1C2.CC(C)N1CC2CC(C1)[N-]2.[Y].[Y].[Y]. The van der Waals surface area contributed by atoms with E-state index in [2.05, 4.69) is 67.3 Å². The van der Waals surface area contributed by atoms with Gasteiger partial charge in [0.15, 0.2) is 0 Å². The molecule has 8 heteroatoms. The van der Waals surface area contributed by atoms with Crippen molar-refractivity contribution in [3.05, 3.63) is 16.0 Å². The van der Waals surface area contributed by atoms with Gasteiger partial charge in [-0.2, -0.15) is 0 Å². The second-order valence-electron chi connectivity index (χ2n) is 11.6. The zero-order valence-corrected chi connectivity index (χ0v) is 30.6. The van der Waals surface area contributed by atoms with Crippen LogP contribution in [0.15, 0.2) is 0 Å². The third-order valence-corrected chi connectivity index (χ3v) is 8.31. The summed E-state index contributed by atoms with van der Waals surface area (Å²) in [6, 6.07) is 6.00. The fourth-order valence-corrected chi connectivity index (χ4v) is 6.40. The van der Waals surface area contributed by atoms with Crippen LogP contribution in [0.2, 0.25) is 0 Å². The summed E-state index contributed by atoms with van der Waals surface area (Å²) in [5, 5.41) is 13.5. The topological polar surface area (TPSA) is 48.8 Å². The van der Waals surface area contributed by atoms with Crippen LogP contribution in [-0.4, -0.2) is 84.3 Å². The molecule has 9 fully saturated rings. The second kappa shape index (κ2) is 15.6. The molecule has 6 bridgehead atoms. The molecule has 8 saturated heterocycles. The molecule has 9 aliphatic rings. The molecule has 0 aromatic rings. The van der Waals surface area contributed by atoms with E-state index in [9.17, 15) is 0 Å². The van der Waals surface area contributed by atoms with E-state index in [-0.39, 0.29) is 98.1 Å². The van der Waals surface area contributed by atoms with E-state index in [1.165, 1.54) is 45.2 Å². The smallest absolute Gasteiger partial charge is 0.00430 e. The van der Waals surface area contributed by atoms with E-state index in [4.69, 9.17) is 0 Å². The van der Waals surface area contributed by atoms with E-state index in [0.717, 1.165) is 61.2 Å². The Balaban J connectivity index is 0.000000237. The Hall–Kier alpha value is 3.11. The summed E-state index contributed by atoms with van der Waals surface area (Å²) in [6.45, 7) is 18.4. The molecule has 0 aromatic carbocycles. The quantitative estimate of drug-likeness (QED) is 0.421. The van der Waals surface area contributed by atoms with Gasteiger partial charge in [-0.25, -0.2) is 0 Å². The molecule has 33 heavy (non-hydrogen) atoms. The van der Waals surface area contributed by atoms with Crippen LogP contribution in [0.25, 0.3) is 16.0 Å². The first-order chi connectivity index (χ1) is 14.3. The van der Waals surface area contributed by atoms with Crippen LogP contribution in [0.1, 0.15) is 73.6 Å². The van der Waals surface area contributed by atoms with E-state index in [1.54, 1.807) is 0 Å². The molecule has 1 saturated carbocycles. The Bertz CT molecular complexity index is 486. The number of hydrogen-bond donors (Lipinski definition) is 0. The van der Waals surface area contributed by atoms with Gasteiger partial charge in [0.2, 0.25) is 0 Å². The zero-order chi connectivity index (χ0) is 21.4. The Labute approximate surface area is 280 Å². The molecule has 0 aromatic heterocycles. The molecule has 8 heterocycles. The first-order valence-electron chi connectivity index (χ1n) is 12.8. The van der Waals surface area contributed by atoms with Gasteiger partial charge in [-0.3, -0.25) is 4.90 Å². The molecular formula is C25H46N5Y3-3. The van der Waals surface area contributed by atoms with Crippen LogP contribution >= 0.6 is 0 Å². The molecule has 0 N–H and O–H groups in total. The van der Waals surface area contributed by atoms with Gasteiger partial charge in [-0.15, -0.1) is 37.3 Å². The van der Waals surface area contributed by atoms with Gasteiger partial charge >= 0.3 is 0 Å². The normalized spacial score (nSPS) is 37.9. The van der Waals surface area contributed by atoms with Crippen LogP contribution < -0.4 is 0 Å². The number of fused-ring (bicyclic) bond motifs is 6. The Morgan fingerprint density at radius 2 is 1.06 bits per heavy atom. The molecular weight excluding hydrogens is 637 g/mol. The molecule has 5 nitrogen and oxygen atoms in total. The molecule has 0 spiro atoms. The molecule has 8 aliphatic heterocycles. The number of piperidine rings is 3. The van der Waals surface area contributed by atoms with Crippen molar-refractivity contribution in [2.45, 2.75) is 122 Å². The summed E-state index contributed by atoms with van der Waals surface area (Å²) in [4.78, 5) is 5.14. The van der Waals surface area contributed by atoms with Gasteiger partial charge in [0.25, 0.3) is 0 Å². The zero-order valence-electron chi connectivity index (χ0n) is 22.1. The van der Waals surface area contributed by atoms with Crippen LogP contribution in [-0.2, 0) is 98.1 Å². The third kappa shape index (κ3) is 9.08. The van der Waals surface area contributed by atoms with Crippen LogP contribution in [0, 0.1) is 11.8 Å². The van der Waals surface area contributed by atoms with E-state index in [0.29, 0.717) is 12.1 Å². The molecule has 183 valence electrons. The maximum Gasteiger partial charge on any atom is 0.00430 e. The molecule has 0 amide bonds. The maximum absolute atomic E-state index is 4.56. The summed E-state index contributed by atoms with van der Waals surface area (Å²) in [5.74, 6) is 1.88. The molecule has 1 aliphatic carbocycles. The van der Waals surface area contributed by atoms with Gasteiger partial charge in [0.05, 0.1) is 0 Å². The van der Waals surface area contributed by atoms with Crippen molar-refractivity contribution >= 4 is 0 Å². The maximum atomic E-state index is 4.56. The van der Waals surface area contributed by atoms with Crippen molar-refractivity contribution in [1.82, 2.24) is 9.80 Å². The average molecular weight is 683 g/mol. The third-order valence-electron chi connectivity index (χ3n) is 8.31. The van der Waals surface area contributed by atoms with E-state index in [1.807, 2.05) is 0 Å². The summed E-state index contributed by atoms with van der Waals surface area (Å²) >= 11 is 0. The molecule has 3 radical (unpaired) electrons. The van der Waals surface area contributed by atoms with Gasteiger partial charge in [-0.1, -0.05) is 39.5 Å². The first kappa shape index (κ1) is 34.1. The second-order valence-corrected chi connectivity index (χ2v) is 11.6. The summed E-state index contributed by atoms with van der Waals surface area (Å²) in [5.41, 5.74) is 0. The van der Waals surface area contributed by atoms with E-state index >= 15 is 0 Å². The minimum Gasteiger partial charge on any atom is -0.660 e. The van der Waals surface area contributed by atoms with Crippen molar-refractivity contribution in [1.29, 1.82) is 0 Å². The Morgan fingerprint density at radius 1 is 0.606 bits per heavy atom. The summed E-state index contributed by atoms with van der Waals surface area (Å²) < 4.78 is 0. The molecule has 6 atom stereocenters. The average Bonchev–Trinajstić information content (AvgIpc) is 2.68. The van der Waals surface area contributed by atoms with Crippen LogP contribution in [0.3, 0.4) is 0 Å². The van der Waals surface area contributed by atoms with Crippen molar-refractivity contribution in [2.75, 3.05) is 26.2 Å². The number of piperazine rings is 2. The van der Waals surface area contributed by atoms with Crippen LogP contribution in [0.4, 0.5) is 0 Å². The van der Waals surface area contributed by atoms with Gasteiger partial charge in [0, 0.05) is 110 Å². The fraction of sp³-hybridized carbons (Fsp3) is 1.00. The number of nitrogens with zero attached hydrogens (tertiary/aromatic N) is 5. The van der Waals surface area contributed by atoms with E-state index < -0.39 is 0 Å². The monoisotopic (exact) mass is 683 g/mol. The number of hydrogen-bond acceptors (Lipinski definition) is 2. The predicted octanol–water partition coefficient (Wildman–Crippen LogP) is 5.01. The Kier molecular flexibility index (Phi) is 16.2. The molecule has 9 rings (SSSR count).